The zero-order valence-corrected chi connectivity index (χ0v) is 8.67. The summed E-state index contributed by atoms with van der Waals surface area (Å²) < 4.78 is 35.4. The minimum atomic E-state index is -4.06. The number of nitrogens with two attached hydrogens (primary N) is 1. The van der Waals surface area contributed by atoms with Gasteiger partial charge in [-0.25, -0.2) is 0 Å². The van der Waals surface area contributed by atoms with E-state index >= 15 is 0 Å². The average Bonchev–Trinajstić information content (AvgIpc) is 2.09. The Morgan fingerprint density at radius 3 is 2.21 bits per heavy atom. The lowest BCUT2D eigenvalue weighted by molar-refractivity contribution is -0.135. The van der Waals surface area contributed by atoms with Crippen molar-refractivity contribution in [1.82, 2.24) is 5.43 Å². The second kappa shape index (κ2) is 7.31. The minimum absolute atomic E-state index is 0.0592. The van der Waals surface area contributed by atoms with Crippen LogP contribution in [0.3, 0.4) is 0 Å². The van der Waals surface area contributed by atoms with Gasteiger partial charge in [0.05, 0.1) is 0 Å². The summed E-state index contributed by atoms with van der Waals surface area (Å²) in [5.41, 5.74) is 2.50. The molecule has 3 N–H and O–H groups in total. The highest BCUT2D eigenvalue weighted by Crippen LogP contribution is 2.23. The minimum Gasteiger partial charge on any atom is -0.271 e. The molecule has 0 aromatic rings. The summed E-state index contributed by atoms with van der Waals surface area (Å²) in [6.07, 6.45) is -2.77. The monoisotopic (exact) mass is 232 g/mol. The molecule has 86 valence electrons. The lowest BCUT2D eigenvalue weighted by atomic mass is 10.1. The van der Waals surface area contributed by atoms with E-state index in [-0.39, 0.29) is 12.5 Å². The van der Waals surface area contributed by atoms with Crippen molar-refractivity contribution in [2.45, 2.75) is 44.3 Å². The molecule has 0 aromatic carbocycles. The van der Waals surface area contributed by atoms with Crippen LogP contribution >= 0.6 is 11.6 Å². The third-order valence-electron chi connectivity index (χ3n) is 1.93. The molecule has 0 aliphatic heterocycles. The van der Waals surface area contributed by atoms with Gasteiger partial charge in [0, 0.05) is 18.3 Å². The second-order valence-electron chi connectivity index (χ2n) is 3.20. The Bertz CT molecular complexity index is 141. The molecule has 2 nitrogen and oxygen atoms in total. The Kier molecular flexibility index (Phi) is 7.31. The Balaban J connectivity index is 3.52. The van der Waals surface area contributed by atoms with Crippen molar-refractivity contribution in [3.63, 3.8) is 0 Å². The quantitative estimate of drug-likeness (QED) is 0.402. The topological polar surface area (TPSA) is 38.0 Å². The highest BCUT2D eigenvalue weighted by molar-refractivity contribution is 6.17. The first-order valence-electron chi connectivity index (χ1n) is 4.58. The molecule has 0 heterocycles. The summed E-state index contributed by atoms with van der Waals surface area (Å²) >= 11 is 5.46. The van der Waals surface area contributed by atoms with Crippen LogP contribution in [0.15, 0.2) is 0 Å². The van der Waals surface area contributed by atoms with Gasteiger partial charge in [-0.3, -0.25) is 11.3 Å². The molecule has 0 spiro atoms. The summed E-state index contributed by atoms with van der Waals surface area (Å²) in [6.45, 7) is 0. The number of rotatable bonds is 7. The fourth-order valence-electron chi connectivity index (χ4n) is 1.18. The first-order valence-corrected chi connectivity index (χ1v) is 5.12. The van der Waals surface area contributed by atoms with E-state index in [0.29, 0.717) is 12.3 Å². The number of nitrogens with one attached hydrogen (secondary N) is 1. The molecule has 0 fully saturated rings. The van der Waals surface area contributed by atoms with E-state index in [2.05, 4.69) is 5.43 Å². The third kappa shape index (κ3) is 8.59. The summed E-state index contributed by atoms with van der Waals surface area (Å²) in [7, 11) is 0. The van der Waals surface area contributed by atoms with Crippen molar-refractivity contribution >= 4 is 11.6 Å². The Labute approximate surface area is 87.0 Å². The first kappa shape index (κ1) is 14.0. The van der Waals surface area contributed by atoms with E-state index < -0.39 is 12.6 Å². The van der Waals surface area contributed by atoms with Gasteiger partial charge in [0.2, 0.25) is 0 Å². The van der Waals surface area contributed by atoms with E-state index in [1.54, 1.807) is 0 Å². The van der Waals surface area contributed by atoms with E-state index in [1.165, 1.54) is 0 Å². The maximum Gasteiger partial charge on any atom is 0.389 e. The predicted molar refractivity (Wildman–Crippen MR) is 51.0 cm³/mol. The lowest BCUT2D eigenvalue weighted by Crippen LogP contribution is -2.35. The highest BCUT2D eigenvalue weighted by Gasteiger charge is 2.26. The Morgan fingerprint density at radius 2 is 1.79 bits per heavy atom. The van der Waals surface area contributed by atoms with Crippen molar-refractivity contribution < 1.29 is 13.2 Å². The molecular formula is C8H16ClF3N2. The Hall–Kier alpha value is -0.0000000000000000555. The molecule has 0 aliphatic carbocycles. The predicted octanol–water partition coefficient (Wildman–Crippen LogP) is 2.57. The van der Waals surface area contributed by atoms with E-state index in [4.69, 9.17) is 17.4 Å². The van der Waals surface area contributed by atoms with Crippen LogP contribution in [0.4, 0.5) is 13.2 Å². The van der Waals surface area contributed by atoms with Crippen LogP contribution in [0.5, 0.6) is 0 Å². The van der Waals surface area contributed by atoms with Crippen LogP contribution < -0.4 is 11.3 Å². The van der Waals surface area contributed by atoms with Crippen LogP contribution in [-0.4, -0.2) is 18.1 Å². The molecule has 0 aliphatic rings. The number of hydrogen-bond donors (Lipinski definition) is 2. The van der Waals surface area contributed by atoms with Gasteiger partial charge in [-0.2, -0.15) is 13.2 Å². The van der Waals surface area contributed by atoms with Crippen molar-refractivity contribution in [3.05, 3.63) is 0 Å². The van der Waals surface area contributed by atoms with Crippen molar-refractivity contribution in [3.8, 4) is 0 Å². The number of alkyl halides is 4. The Morgan fingerprint density at radius 1 is 1.21 bits per heavy atom. The van der Waals surface area contributed by atoms with Crippen LogP contribution in [-0.2, 0) is 0 Å². The van der Waals surface area contributed by atoms with Gasteiger partial charge >= 0.3 is 6.18 Å². The van der Waals surface area contributed by atoms with Gasteiger partial charge in [0.1, 0.15) is 0 Å². The zero-order valence-electron chi connectivity index (χ0n) is 7.91. The summed E-state index contributed by atoms with van der Waals surface area (Å²) in [6, 6.07) is -0.0592. The largest absolute Gasteiger partial charge is 0.389 e. The molecule has 0 saturated carbocycles. The third-order valence-corrected chi connectivity index (χ3v) is 2.20. The summed E-state index contributed by atoms with van der Waals surface area (Å²) in [5.74, 6) is 5.70. The van der Waals surface area contributed by atoms with Gasteiger partial charge in [-0.1, -0.05) is 0 Å². The lowest BCUT2D eigenvalue weighted by Gasteiger charge is -2.15. The smallest absolute Gasteiger partial charge is 0.271 e. The fourth-order valence-corrected chi connectivity index (χ4v) is 1.34. The molecule has 0 aromatic heterocycles. The standard InChI is InChI=1S/C8H16ClF3N2/c9-6-2-4-7(14-13)3-1-5-8(10,11)12/h7,14H,1-6,13H2. The number of hydrazine groups is 1. The molecule has 1 unspecified atom stereocenters. The fraction of sp³-hybridized carbons (Fsp3) is 1.00. The molecular weight excluding hydrogens is 217 g/mol. The maximum absolute atomic E-state index is 11.8. The molecule has 0 saturated heterocycles. The van der Waals surface area contributed by atoms with Gasteiger partial charge in [-0.05, 0) is 25.7 Å². The summed E-state index contributed by atoms with van der Waals surface area (Å²) in [4.78, 5) is 0. The van der Waals surface area contributed by atoms with Gasteiger partial charge < -0.3 is 0 Å². The van der Waals surface area contributed by atoms with Crippen LogP contribution in [0.2, 0.25) is 0 Å². The van der Waals surface area contributed by atoms with Crippen LogP contribution in [0.25, 0.3) is 0 Å². The highest BCUT2D eigenvalue weighted by atomic mass is 35.5. The van der Waals surface area contributed by atoms with E-state index in [1.807, 2.05) is 0 Å². The first-order chi connectivity index (χ1) is 6.49. The van der Waals surface area contributed by atoms with Crippen molar-refractivity contribution in [1.29, 1.82) is 0 Å². The molecule has 14 heavy (non-hydrogen) atoms. The molecule has 0 rings (SSSR count). The molecule has 0 amide bonds. The molecule has 1 atom stereocenters. The number of halogens is 4. The van der Waals surface area contributed by atoms with Gasteiger partial charge in [0.25, 0.3) is 0 Å². The molecule has 0 bridgehead atoms. The summed E-state index contributed by atoms with van der Waals surface area (Å²) in [5, 5.41) is 0. The number of hydrogen-bond acceptors (Lipinski definition) is 2. The van der Waals surface area contributed by atoms with Crippen molar-refractivity contribution in [2.75, 3.05) is 5.88 Å². The normalized spacial score (nSPS) is 14.4. The second-order valence-corrected chi connectivity index (χ2v) is 3.58. The molecule has 0 radical (unpaired) electrons. The SMILES string of the molecule is NNC(CCCCl)CCCC(F)(F)F. The van der Waals surface area contributed by atoms with Gasteiger partial charge in [0.15, 0.2) is 0 Å². The van der Waals surface area contributed by atoms with Gasteiger partial charge in [-0.15, -0.1) is 11.6 Å². The molecule has 6 heteroatoms. The maximum atomic E-state index is 11.8. The zero-order chi connectivity index (χ0) is 11.0. The van der Waals surface area contributed by atoms with Crippen LogP contribution in [0, 0.1) is 0 Å². The van der Waals surface area contributed by atoms with E-state index in [0.717, 1.165) is 12.8 Å². The van der Waals surface area contributed by atoms with Crippen molar-refractivity contribution in [2.24, 2.45) is 5.84 Å². The average molecular weight is 233 g/mol. The van der Waals surface area contributed by atoms with Crippen LogP contribution in [0.1, 0.15) is 32.1 Å². The van der Waals surface area contributed by atoms with E-state index in [9.17, 15) is 13.2 Å².